The van der Waals surface area contributed by atoms with Crippen molar-refractivity contribution in [1.82, 2.24) is 0 Å². The molecule has 1 aromatic rings. The topological polar surface area (TPSA) is 40.2 Å². The van der Waals surface area contributed by atoms with Gasteiger partial charge in [-0.15, -0.1) is 0 Å². The first-order valence-corrected chi connectivity index (χ1v) is 10.6. The van der Waals surface area contributed by atoms with Gasteiger partial charge in [0, 0.05) is 13.2 Å². The second kappa shape index (κ2) is 10.8. The van der Waals surface area contributed by atoms with Gasteiger partial charge < -0.3 is 18.9 Å². The molecular weight excluding hydrogens is 308 g/mol. The van der Waals surface area contributed by atoms with Crippen molar-refractivity contribution in [2.45, 2.75) is 51.5 Å². The highest BCUT2D eigenvalue weighted by Crippen LogP contribution is 2.13. The van der Waals surface area contributed by atoms with Crippen molar-refractivity contribution in [2.75, 3.05) is 26.4 Å². The number of ether oxygens (including phenoxy) is 4. The molecule has 0 aliphatic carbocycles. The Balaban J connectivity index is 1.66. The van der Waals surface area contributed by atoms with Gasteiger partial charge >= 0.3 is 0 Å². The zero-order valence-corrected chi connectivity index (χ0v) is 15.9. The van der Waals surface area contributed by atoms with Crippen LogP contribution in [0.2, 0.25) is 6.04 Å². The minimum Gasteiger partial charge on any atom is -0.491 e. The Morgan fingerprint density at radius 2 is 1.78 bits per heavy atom. The van der Waals surface area contributed by atoms with E-state index in [1.165, 1.54) is 11.2 Å². The van der Waals surface area contributed by atoms with E-state index in [4.69, 9.17) is 18.9 Å². The van der Waals surface area contributed by atoms with Gasteiger partial charge in [-0.2, -0.15) is 0 Å². The van der Waals surface area contributed by atoms with Gasteiger partial charge in [0.05, 0.1) is 16.1 Å². The summed E-state index contributed by atoms with van der Waals surface area (Å²) in [5.41, 5.74) is 0. The van der Waals surface area contributed by atoms with Crippen molar-refractivity contribution in [2.24, 2.45) is 0 Å². The average Bonchev–Trinajstić information content (AvgIpc) is 3.40. The minimum absolute atomic E-state index is 0.0245. The Kier molecular flexibility index (Phi) is 8.67. The van der Waals surface area contributed by atoms with E-state index in [-0.39, 0.29) is 15.8 Å². The molecule has 130 valence electrons. The van der Waals surface area contributed by atoms with Gasteiger partial charge in [0.15, 0.2) is 6.29 Å². The van der Waals surface area contributed by atoms with Crippen LogP contribution in [-0.4, -0.2) is 48.3 Å². The van der Waals surface area contributed by atoms with Gasteiger partial charge in [0.2, 0.25) is 0 Å². The van der Waals surface area contributed by atoms with Crippen LogP contribution in [0, 0.1) is 0 Å². The molecule has 1 unspecified atom stereocenters. The van der Waals surface area contributed by atoms with Crippen LogP contribution in [0.4, 0.5) is 0 Å². The molecule has 5 heteroatoms. The Labute approximate surface area is 142 Å². The predicted octanol–water partition coefficient (Wildman–Crippen LogP) is 2.25. The summed E-state index contributed by atoms with van der Waals surface area (Å²) in [4.78, 5) is 0. The van der Waals surface area contributed by atoms with Crippen molar-refractivity contribution < 1.29 is 18.9 Å². The van der Waals surface area contributed by atoms with E-state index in [0.29, 0.717) is 12.7 Å². The summed E-state index contributed by atoms with van der Waals surface area (Å²) in [5, 5.41) is 1.46. The van der Waals surface area contributed by atoms with E-state index in [9.17, 15) is 0 Å². The maximum absolute atomic E-state index is 5.78. The summed E-state index contributed by atoms with van der Waals surface area (Å²) < 4.78 is 22.4. The first kappa shape index (κ1) is 18.5. The van der Waals surface area contributed by atoms with E-state index in [1.807, 2.05) is 0 Å². The maximum Gasteiger partial charge on any atom is 0.157 e. The molecule has 0 spiro atoms. The molecule has 0 bridgehead atoms. The lowest BCUT2D eigenvalue weighted by Crippen LogP contribution is -2.21. The molecule has 1 aliphatic rings. The standard InChI is InChI=1S/C18H30O4Si/c1-3-10-19-18(20-11-4-2)9-12-23-17-7-5-15(6-8-17)21-13-16-14-22-16/h5-8,16,18H,3-4,9-14,23H2,1-2H3. The van der Waals surface area contributed by atoms with Crippen LogP contribution in [0.5, 0.6) is 5.75 Å². The minimum atomic E-state index is -0.274. The summed E-state index contributed by atoms with van der Waals surface area (Å²) in [6.07, 6.45) is 3.37. The molecule has 0 radical (unpaired) electrons. The first-order valence-electron chi connectivity index (χ1n) is 8.88. The maximum atomic E-state index is 5.78. The van der Waals surface area contributed by atoms with Crippen molar-refractivity contribution in [3.8, 4) is 5.75 Å². The lowest BCUT2D eigenvalue weighted by atomic mass is 10.3. The predicted molar refractivity (Wildman–Crippen MR) is 95.6 cm³/mol. The number of benzene rings is 1. The highest BCUT2D eigenvalue weighted by Gasteiger charge is 2.22. The fourth-order valence-corrected chi connectivity index (χ4v) is 3.81. The Hall–Kier alpha value is -0.883. The van der Waals surface area contributed by atoms with Crippen molar-refractivity contribution in [3.63, 3.8) is 0 Å². The number of epoxide rings is 1. The highest BCUT2D eigenvalue weighted by molar-refractivity contribution is 6.53. The Morgan fingerprint density at radius 1 is 1.13 bits per heavy atom. The van der Waals surface area contributed by atoms with Crippen LogP contribution in [0.3, 0.4) is 0 Å². The van der Waals surface area contributed by atoms with E-state index in [0.717, 1.165) is 44.8 Å². The third-order valence-electron chi connectivity index (χ3n) is 3.68. The quantitative estimate of drug-likeness (QED) is 0.314. The average molecular weight is 339 g/mol. The molecule has 1 heterocycles. The second-order valence-corrected chi connectivity index (χ2v) is 8.00. The van der Waals surface area contributed by atoms with Gasteiger partial charge in [-0.25, -0.2) is 0 Å². The zero-order chi connectivity index (χ0) is 16.3. The molecule has 0 saturated carbocycles. The second-order valence-electron chi connectivity index (χ2n) is 5.97. The molecule has 23 heavy (non-hydrogen) atoms. The van der Waals surface area contributed by atoms with Crippen molar-refractivity contribution in [3.05, 3.63) is 24.3 Å². The van der Waals surface area contributed by atoms with Crippen LogP contribution < -0.4 is 9.92 Å². The van der Waals surface area contributed by atoms with Crippen LogP contribution in [0.15, 0.2) is 24.3 Å². The largest absolute Gasteiger partial charge is 0.491 e. The number of hydrogen-bond acceptors (Lipinski definition) is 4. The number of rotatable bonds is 13. The smallest absolute Gasteiger partial charge is 0.157 e. The Morgan fingerprint density at radius 3 is 2.35 bits per heavy atom. The van der Waals surface area contributed by atoms with Gasteiger partial charge in [0.25, 0.3) is 0 Å². The molecule has 1 aliphatic heterocycles. The van der Waals surface area contributed by atoms with Crippen molar-refractivity contribution >= 4 is 14.7 Å². The van der Waals surface area contributed by atoms with Crippen LogP contribution in [0.1, 0.15) is 33.1 Å². The first-order chi connectivity index (χ1) is 11.3. The molecule has 0 amide bonds. The molecule has 1 atom stereocenters. The molecule has 1 aromatic carbocycles. The third-order valence-corrected chi connectivity index (χ3v) is 5.49. The summed E-state index contributed by atoms with van der Waals surface area (Å²) in [6, 6.07) is 9.75. The normalized spacial score (nSPS) is 17.3. The molecule has 2 rings (SSSR count). The van der Waals surface area contributed by atoms with E-state index in [2.05, 4.69) is 38.1 Å². The van der Waals surface area contributed by atoms with Gasteiger partial charge in [-0.3, -0.25) is 0 Å². The summed E-state index contributed by atoms with van der Waals surface area (Å²) in [7, 11) is -0.274. The van der Waals surface area contributed by atoms with Crippen LogP contribution in [-0.2, 0) is 14.2 Å². The molecule has 4 nitrogen and oxygen atoms in total. The monoisotopic (exact) mass is 338 g/mol. The van der Waals surface area contributed by atoms with Gasteiger partial charge in [-0.1, -0.05) is 37.2 Å². The summed E-state index contributed by atoms with van der Waals surface area (Å²) >= 11 is 0. The number of hydrogen-bond donors (Lipinski definition) is 0. The molecule has 1 saturated heterocycles. The fraction of sp³-hybridized carbons (Fsp3) is 0.667. The Bertz CT molecular complexity index is 412. The van der Waals surface area contributed by atoms with Gasteiger partial charge in [0.1, 0.15) is 18.5 Å². The SMILES string of the molecule is CCCOC(CC[SiH2]c1ccc(OCC2CO2)cc1)OCCC. The third kappa shape index (κ3) is 7.97. The fourth-order valence-electron chi connectivity index (χ4n) is 2.29. The van der Waals surface area contributed by atoms with E-state index < -0.39 is 0 Å². The zero-order valence-electron chi connectivity index (χ0n) is 14.5. The lowest BCUT2D eigenvalue weighted by Gasteiger charge is -2.18. The molecule has 1 fully saturated rings. The molecule has 0 aromatic heterocycles. The highest BCUT2D eigenvalue weighted by atomic mass is 28.2. The van der Waals surface area contributed by atoms with E-state index in [1.54, 1.807) is 0 Å². The van der Waals surface area contributed by atoms with E-state index >= 15 is 0 Å². The molecule has 0 N–H and O–H groups in total. The molecular formula is C18H30O4Si. The van der Waals surface area contributed by atoms with Crippen molar-refractivity contribution in [1.29, 1.82) is 0 Å². The summed E-state index contributed by atoms with van der Waals surface area (Å²) in [5.74, 6) is 0.939. The summed E-state index contributed by atoms with van der Waals surface area (Å²) in [6.45, 7) is 7.34. The van der Waals surface area contributed by atoms with Gasteiger partial charge in [-0.05, 0) is 31.4 Å². The van der Waals surface area contributed by atoms with Crippen LogP contribution in [0.25, 0.3) is 0 Å². The lowest BCUT2D eigenvalue weighted by molar-refractivity contribution is -0.143. The van der Waals surface area contributed by atoms with Crippen LogP contribution >= 0.6 is 0 Å².